The molecule has 0 radical (unpaired) electrons. The van der Waals surface area contributed by atoms with Crippen molar-refractivity contribution in [2.75, 3.05) is 25.0 Å². The number of hydrogen-bond donors (Lipinski definition) is 2. The van der Waals surface area contributed by atoms with Crippen molar-refractivity contribution < 1.29 is 0 Å². The van der Waals surface area contributed by atoms with Crippen LogP contribution in [-0.2, 0) is 6.42 Å². The first-order chi connectivity index (χ1) is 19.2. The van der Waals surface area contributed by atoms with Crippen LogP contribution in [0.1, 0.15) is 36.1 Å². The van der Waals surface area contributed by atoms with E-state index in [1.54, 1.807) is 12.4 Å². The highest BCUT2D eigenvalue weighted by Gasteiger charge is 2.15. The molecule has 5 aromatic heterocycles. The van der Waals surface area contributed by atoms with Crippen LogP contribution >= 0.6 is 0 Å². The van der Waals surface area contributed by atoms with Gasteiger partial charge in [0.25, 0.3) is 0 Å². The molecule has 0 saturated carbocycles. The smallest absolute Gasteiger partial charge is 0.134 e. The van der Waals surface area contributed by atoms with E-state index in [-0.39, 0.29) is 0 Å². The Morgan fingerprint density at radius 2 is 1.90 bits per heavy atom. The number of likely N-dealkylation sites (tertiary alicyclic amines) is 1. The molecule has 1 saturated heterocycles. The fourth-order valence-corrected chi connectivity index (χ4v) is 5.23. The van der Waals surface area contributed by atoms with Gasteiger partial charge in [0.2, 0.25) is 0 Å². The maximum absolute atomic E-state index is 4.98. The quantitative estimate of drug-likeness (QED) is 0.252. The van der Waals surface area contributed by atoms with E-state index in [4.69, 9.17) is 4.98 Å². The third-order valence-electron chi connectivity index (χ3n) is 7.35. The van der Waals surface area contributed by atoms with Gasteiger partial charge in [0.05, 0.1) is 22.6 Å². The zero-order valence-corrected chi connectivity index (χ0v) is 22.2. The van der Waals surface area contributed by atoms with Crippen LogP contribution in [0.4, 0.5) is 5.69 Å². The Morgan fingerprint density at radius 3 is 2.74 bits per heavy atom. The highest BCUT2D eigenvalue weighted by Crippen LogP contribution is 2.30. The van der Waals surface area contributed by atoms with Crippen molar-refractivity contribution in [1.82, 2.24) is 35.0 Å². The lowest BCUT2D eigenvalue weighted by atomic mass is 10.1. The third kappa shape index (κ3) is 5.42. The van der Waals surface area contributed by atoms with Crippen molar-refractivity contribution >= 4 is 22.4 Å². The molecule has 39 heavy (non-hydrogen) atoms. The van der Waals surface area contributed by atoms with Crippen LogP contribution < -0.4 is 5.32 Å². The largest absolute Gasteiger partial charge is 0.354 e. The number of aryl methyl sites for hydroxylation is 1. The molecule has 0 aromatic carbocycles. The number of pyridine rings is 4. The van der Waals surface area contributed by atoms with E-state index >= 15 is 0 Å². The molecule has 0 aliphatic carbocycles. The first kappa shape index (κ1) is 24.9. The summed E-state index contributed by atoms with van der Waals surface area (Å²) in [7, 11) is 0. The van der Waals surface area contributed by atoms with E-state index in [1.807, 2.05) is 55.8 Å². The zero-order chi connectivity index (χ0) is 26.6. The fraction of sp³-hybridized carbons (Fsp3) is 0.258. The van der Waals surface area contributed by atoms with E-state index in [9.17, 15) is 0 Å². The number of H-pyrrole nitrogens is 1. The summed E-state index contributed by atoms with van der Waals surface area (Å²) in [4.78, 5) is 20.8. The monoisotopic (exact) mass is 516 g/mol. The van der Waals surface area contributed by atoms with E-state index in [0.29, 0.717) is 11.4 Å². The van der Waals surface area contributed by atoms with Gasteiger partial charge in [0.15, 0.2) is 0 Å². The van der Waals surface area contributed by atoms with Gasteiger partial charge in [0, 0.05) is 47.8 Å². The van der Waals surface area contributed by atoms with Gasteiger partial charge >= 0.3 is 0 Å². The summed E-state index contributed by atoms with van der Waals surface area (Å²) in [6, 6.07) is 12.1. The van der Waals surface area contributed by atoms with Gasteiger partial charge < -0.3 is 10.2 Å². The van der Waals surface area contributed by atoms with Crippen molar-refractivity contribution in [2.45, 2.75) is 32.6 Å². The van der Waals surface area contributed by atoms with Gasteiger partial charge in [-0.05, 0) is 99.8 Å². The number of nitrogens with zero attached hydrogens (tertiary/aromatic N) is 6. The molecule has 0 unspecified atom stereocenters. The number of rotatable bonds is 9. The molecule has 5 aromatic rings. The molecule has 1 fully saturated rings. The Balaban J connectivity index is 1.22. The molecule has 0 spiro atoms. The zero-order valence-electron chi connectivity index (χ0n) is 22.2. The molecule has 2 N–H and O–H groups in total. The van der Waals surface area contributed by atoms with Crippen molar-refractivity contribution in [1.29, 1.82) is 0 Å². The standard InChI is InChI=1S/C31H32N8/c1-21-26(11-13-34-29(21)24-8-5-12-32-19-24)35-22(2)30-31-28(37-38-30)10-9-27(36-31)25-17-23(18-33-20-25)7-6-16-39-14-3-4-15-39/h5,8-13,17-20H,2-4,6-7,14-16H2,1H3,(H,34,35)(H,37,38). The lowest BCUT2D eigenvalue weighted by Crippen LogP contribution is -2.20. The van der Waals surface area contributed by atoms with Gasteiger partial charge in [-0.25, -0.2) is 4.98 Å². The maximum Gasteiger partial charge on any atom is 0.134 e. The summed E-state index contributed by atoms with van der Waals surface area (Å²) in [6.07, 6.45) is 14.0. The normalized spacial score (nSPS) is 13.7. The van der Waals surface area contributed by atoms with Gasteiger partial charge in [0.1, 0.15) is 11.2 Å². The highest BCUT2D eigenvalue weighted by molar-refractivity contribution is 5.91. The van der Waals surface area contributed by atoms with Crippen LogP contribution in [0.15, 0.2) is 74.0 Å². The van der Waals surface area contributed by atoms with Crippen molar-refractivity contribution in [3.8, 4) is 22.5 Å². The first-order valence-electron chi connectivity index (χ1n) is 13.5. The van der Waals surface area contributed by atoms with Gasteiger partial charge in [-0.2, -0.15) is 5.10 Å². The lowest BCUT2D eigenvalue weighted by Gasteiger charge is -2.14. The molecule has 6 rings (SSSR count). The molecular weight excluding hydrogens is 484 g/mol. The molecule has 0 bridgehead atoms. The molecule has 6 heterocycles. The Bertz CT molecular complexity index is 1600. The van der Waals surface area contributed by atoms with Crippen LogP contribution in [-0.4, -0.2) is 54.7 Å². The Labute approximate surface area is 228 Å². The van der Waals surface area contributed by atoms with E-state index in [1.165, 1.54) is 31.5 Å². The molecule has 196 valence electrons. The molecule has 8 heteroatoms. The van der Waals surface area contributed by atoms with Crippen molar-refractivity contribution in [3.63, 3.8) is 0 Å². The fourth-order valence-electron chi connectivity index (χ4n) is 5.23. The number of aromatic nitrogens is 6. The second-order valence-corrected chi connectivity index (χ2v) is 10.1. The number of anilines is 1. The average molecular weight is 517 g/mol. The minimum absolute atomic E-state index is 0.658. The number of aromatic amines is 1. The van der Waals surface area contributed by atoms with Crippen LogP contribution in [0.2, 0.25) is 0 Å². The minimum Gasteiger partial charge on any atom is -0.354 e. The summed E-state index contributed by atoms with van der Waals surface area (Å²) in [5.74, 6) is 0. The molecule has 0 atom stereocenters. The molecule has 0 amide bonds. The predicted octanol–water partition coefficient (Wildman–Crippen LogP) is 5.90. The topological polar surface area (TPSA) is 95.5 Å². The summed E-state index contributed by atoms with van der Waals surface area (Å²) in [5, 5.41) is 11.1. The van der Waals surface area contributed by atoms with E-state index in [2.05, 4.69) is 48.0 Å². The lowest BCUT2D eigenvalue weighted by molar-refractivity contribution is 0.334. The van der Waals surface area contributed by atoms with Gasteiger partial charge in [-0.15, -0.1) is 0 Å². The predicted molar refractivity (Wildman–Crippen MR) is 156 cm³/mol. The molecular formula is C31H32N8. The Morgan fingerprint density at radius 1 is 1.03 bits per heavy atom. The van der Waals surface area contributed by atoms with Crippen LogP contribution in [0.5, 0.6) is 0 Å². The van der Waals surface area contributed by atoms with Crippen molar-refractivity contribution in [3.05, 3.63) is 90.8 Å². The van der Waals surface area contributed by atoms with Crippen LogP contribution in [0.25, 0.3) is 39.2 Å². The molecule has 1 aliphatic rings. The summed E-state index contributed by atoms with van der Waals surface area (Å²) in [6.45, 7) is 9.95. The Kier molecular flexibility index (Phi) is 7.10. The number of hydrogen-bond acceptors (Lipinski definition) is 7. The minimum atomic E-state index is 0.658. The summed E-state index contributed by atoms with van der Waals surface area (Å²) in [5.41, 5.74) is 9.83. The molecule has 1 aliphatic heterocycles. The SMILES string of the molecule is C=C(Nc1ccnc(-c2cccnc2)c1C)c1n[nH]c2ccc(-c3cncc(CCCN4CCCC4)c3)nc12. The van der Waals surface area contributed by atoms with E-state index in [0.717, 1.165) is 64.2 Å². The second kappa shape index (κ2) is 11.1. The summed E-state index contributed by atoms with van der Waals surface area (Å²) < 4.78 is 0. The second-order valence-electron chi connectivity index (χ2n) is 10.1. The third-order valence-corrected chi connectivity index (χ3v) is 7.35. The number of fused-ring (bicyclic) bond motifs is 1. The number of nitrogens with one attached hydrogen (secondary N) is 2. The van der Waals surface area contributed by atoms with Crippen molar-refractivity contribution in [2.24, 2.45) is 0 Å². The van der Waals surface area contributed by atoms with Crippen LogP contribution in [0, 0.1) is 6.92 Å². The maximum atomic E-state index is 4.98. The average Bonchev–Trinajstić information content (AvgIpc) is 3.65. The molecule has 8 nitrogen and oxygen atoms in total. The Hall–Kier alpha value is -4.43. The van der Waals surface area contributed by atoms with E-state index < -0.39 is 0 Å². The highest BCUT2D eigenvalue weighted by atomic mass is 15.1. The summed E-state index contributed by atoms with van der Waals surface area (Å²) >= 11 is 0. The van der Waals surface area contributed by atoms with Gasteiger partial charge in [-0.3, -0.25) is 20.1 Å². The van der Waals surface area contributed by atoms with Gasteiger partial charge in [-0.1, -0.05) is 6.58 Å². The first-order valence-corrected chi connectivity index (χ1v) is 13.5. The van der Waals surface area contributed by atoms with Crippen LogP contribution in [0.3, 0.4) is 0 Å².